The van der Waals surface area contributed by atoms with Crippen LogP contribution in [0.1, 0.15) is 27.9 Å². The van der Waals surface area contributed by atoms with Crippen LogP contribution in [-0.2, 0) is 0 Å². The zero-order valence-electron chi connectivity index (χ0n) is 13.1. The molecule has 0 radical (unpaired) electrons. The second kappa shape index (κ2) is 7.04. The van der Waals surface area contributed by atoms with E-state index in [4.69, 9.17) is 4.42 Å². The van der Waals surface area contributed by atoms with Crippen LogP contribution in [0.25, 0.3) is 9.88 Å². The zero-order chi connectivity index (χ0) is 17.1. The number of amides is 1. The molecule has 3 heterocycles. The van der Waals surface area contributed by atoms with E-state index in [9.17, 15) is 4.79 Å². The quantitative estimate of drug-likeness (QED) is 0.542. The summed E-state index contributed by atoms with van der Waals surface area (Å²) in [5.41, 5.74) is 1.38. The van der Waals surface area contributed by atoms with Crippen molar-refractivity contribution in [2.75, 3.05) is 0 Å². The van der Waals surface area contributed by atoms with Gasteiger partial charge in [0.05, 0.1) is 11.1 Å². The lowest BCUT2D eigenvalue weighted by atomic mass is 10.0. The predicted octanol–water partition coefficient (Wildman–Crippen LogP) is 4.98. The van der Waals surface area contributed by atoms with E-state index in [1.54, 1.807) is 23.0 Å². The minimum atomic E-state index is -0.351. The number of benzene rings is 1. The molecule has 0 fully saturated rings. The summed E-state index contributed by atoms with van der Waals surface area (Å²) in [6, 6.07) is 17.0. The normalized spacial score (nSPS) is 12.0. The first kappa shape index (κ1) is 15.8. The molecule has 1 atom stereocenters. The number of furan rings is 1. The Kier molecular flexibility index (Phi) is 4.45. The van der Waals surface area contributed by atoms with Gasteiger partial charge in [-0.15, -0.1) is 22.7 Å². The SMILES string of the molecule is O=C(NC(c1ccccc1)c1ccco1)c1csc(-c2cccs2)n1. The van der Waals surface area contributed by atoms with Crippen LogP contribution in [0.4, 0.5) is 0 Å². The molecule has 0 aliphatic heterocycles. The first-order valence-corrected chi connectivity index (χ1v) is 9.46. The topological polar surface area (TPSA) is 55.1 Å². The van der Waals surface area contributed by atoms with Crippen LogP contribution in [0, 0.1) is 0 Å². The van der Waals surface area contributed by atoms with Crippen LogP contribution in [0.3, 0.4) is 0 Å². The van der Waals surface area contributed by atoms with E-state index in [1.807, 2.05) is 60.0 Å². The van der Waals surface area contributed by atoms with Crippen molar-refractivity contribution in [2.24, 2.45) is 0 Å². The van der Waals surface area contributed by atoms with Gasteiger partial charge in [-0.3, -0.25) is 4.79 Å². The van der Waals surface area contributed by atoms with Gasteiger partial charge in [0.1, 0.15) is 22.5 Å². The Bertz CT molecular complexity index is 945. The number of thiophene rings is 1. The van der Waals surface area contributed by atoms with E-state index in [1.165, 1.54) is 11.3 Å². The number of hydrogen-bond donors (Lipinski definition) is 1. The Hall–Kier alpha value is -2.70. The van der Waals surface area contributed by atoms with E-state index >= 15 is 0 Å². The fraction of sp³-hybridized carbons (Fsp3) is 0.0526. The summed E-state index contributed by atoms with van der Waals surface area (Å²) < 4.78 is 5.52. The molecular weight excluding hydrogens is 352 g/mol. The second-order valence-electron chi connectivity index (χ2n) is 5.35. The zero-order valence-corrected chi connectivity index (χ0v) is 14.7. The Morgan fingerprint density at radius 2 is 1.92 bits per heavy atom. The molecule has 4 nitrogen and oxygen atoms in total. The van der Waals surface area contributed by atoms with Crippen LogP contribution in [0.15, 0.2) is 76.0 Å². The van der Waals surface area contributed by atoms with E-state index in [0.29, 0.717) is 11.5 Å². The lowest BCUT2D eigenvalue weighted by Crippen LogP contribution is -2.29. The molecule has 0 aliphatic carbocycles. The summed E-state index contributed by atoms with van der Waals surface area (Å²) in [5.74, 6) is 0.470. The maximum atomic E-state index is 12.7. The molecular formula is C19H14N2O2S2. The molecule has 6 heteroatoms. The Labute approximate surface area is 152 Å². The van der Waals surface area contributed by atoms with Crippen molar-refractivity contribution in [3.63, 3.8) is 0 Å². The smallest absolute Gasteiger partial charge is 0.271 e. The van der Waals surface area contributed by atoms with Crippen molar-refractivity contribution in [1.82, 2.24) is 10.3 Å². The van der Waals surface area contributed by atoms with Crippen LogP contribution >= 0.6 is 22.7 Å². The Morgan fingerprint density at radius 3 is 2.64 bits per heavy atom. The molecule has 1 aromatic carbocycles. The lowest BCUT2D eigenvalue weighted by Gasteiger charge is -2.16. The number of thiazole rings is 1. The van der Waals surface area contributed by atoms with Gasteiger partial charge >= 0.3 is 0 Å². The highest BCUT2D eigenvalue weighted by atomic mass is 32.1. The maximum absolute atomic E-state index is 12.7. The average Bonchev–Trinajstić information content (AvgIpc) is 3.42. The third-order valence-corrected chi connectivity index (χ3v) is 5.59. The number of carbonyl (C=O) groups excluding carboxylic acids is 1. The number of carbonyl (C=O) groups is 1. The lowest BCUT2D eigenvalue weighted by molar-refractivity contribution is 0.0934. The monoisotopic (exact) mass is 366 g/mol. The average molecular weight is 366 g/mol. The fourth-order valence-electron chi connectivity index (χ4n) is 2.52. The maximum Gasteiger partial charge on any atom is 0.271 e. The fourth-order valence-corrected chi connectivity index (χ4v) is 4.13. The van der Waals surface area contributed by atoms with Gasteiger partial charge in [0, 0.05) is 5.38 Å². The first-order valence-electron chi connectivity index (χ1n) is 7.70. The molecule has 0 bridgehead atoms. The van der Waals surface area contributed by atoms with Crippen molar-refractivity contribution in [1.29, 1.82) is 0 Å². The highest BCUT2D eigenvalue weighted by molar-refractivity contribution is 7.20. The van der Waals surface area contributed by atoms with Gasteiger partial charge in [-0.2, -0.15) is 0 Å². The standard InChI is InChI=1S/C19H14N2O2S2/c22-18(14-12-25-19(20-14)16-9-5-11-24-16)21-17(15-8-4-10-23-15)13-6-2-1-3-7-13/h1-12,17H,(H,21,22). The van der Waals surface area contributed by atoms with E-state index in [0.717, 1.165) is 15.4 Å². The number of hydrogen-bond acceptors (Lipinski definition) is 5. The summed E-state index contributed by atoms with van der Waals surface area (Å²) in [4.78, 5) is 18.2. The summed E-state index contributed by atoms with van der Waals surface area (Å²) in [5, 5.41) is 7.67. The van der Waals surface area contributed by atoms with Crippen LogP contribution in [-0.4, -0.2) is 10.9 Å². The Morgan fingerprint density at radius 1 is 1.04 bits per heavy atom. The summed E-state index contributed by atoms with van der Waals surface area (Å²) in [7, 11) is 0. The molecule has 4 rings (SSSR count). The minimum Gasteiger partial charge on any atom is -0.467 e. The molecule has 1 N–H and O–H groups in total. The largest absolute Gasteiger partial charge is 0.467 e. The highest BCUT2D eigenvalue weighted by Gasteiger charge is 2.21. The molecule has 0 saturated carbocycles. The molecule has 1 unspecified atom stereocenters. The van der Waals surface area contributed by atoms with E-state index in [-0.39, 0.29) is 11.9 Å². The van der Waals surface area contributed by atoms with Gasteiger partial charge in [-0.25, -0.2) is 4.98 Å². The van der Waals surface area contributed by atoms with Crippen molar-refractivity contribution in [3.8, 4) is 9.88 Å². The number of rotatable bonds is 5. The van der Waals surface area contributed by atoms with Crippen molar-refractivity contribution < 1.29 is 9.21 Å². The summed E-state index contributed by atoms with van der Waals surface area (Å²) >= 11 is 3.08. The number of aromatic nitrogens is 1. The molecule has 0 aliphatic rings. The van der Waals surface area contributed by atoms with Crippen molar-refractivity contribution in [2.45, 2.75) is 6.04 Å². The van der Waals surface area contributed by atoms with Crippen LogP contribution in [0.2, 0.25) is 0 Å². The Balaban J connectivity index is 1.59. The van der Waals surface area contributed by atoms with Gasteiger partial charge < -0.3 is 9.73 Å². The number of nitrogens with zero attached hydrogens (tertiary/aromatic N) is 1. The van der Waals surface area contributed by atoms with Gasteiger partial charge in [-0.1, -0.05) is 36.4 Å². The third-order valence-electron chi connectivity index (χ3n) is 3.70. The van der Waals surface area contributed by atoms with Crippen molar-refractivity contribution >= 4 is 28.6 Å². The molecule has 3 aromatic heterocycles. The van der Waals surface area contributed by atoms with Gasteiger partial charge in [0.2, 0.25) is 0 Å². The molecule has 124 valence electrons. The van der Waals surface area contributed by atoms with Gasteiger partial charge in [0.15, 0.2) is 0 Å². The first-order chi connectivity index (χ1) is 12.3. The van der Waals surface area contributed by atoms with Gasteiger partial charge in [-0.05, 0) is 29.1 Å². The second-order valence-corrected chi connectivity index (χ2v) is 7.15. The molecule has 25 heavy (non-hydrogen) atoms. The van der Waals surface area contributed by atoms with Crippen molar-refractivity contribution in [3.05, 3.63) is 88.6 Å². The molecule has 0 saturated heterocycles. The van der Waals surface area contributed by atoms with Crippen LogP contribution < -0.4 is 5.32 Å². The predicted molar refractivity (Wildman–Crippen MR) is 99.9 cm³/mol. The van der Waals surface area contributed by atoms with Crippen LogP contribution in [0.5, 0.6) is 0 Å². The molecule has 1 amide bonds. The third kappa shape index (κ3) is 3.40. The summed E-state index contributed by atoms with van der Waals surface area (Å²) in [6.45, 7) is 0. The number of nitrogens with one attached hydrogen (secondary N) is 1. The molecule has 4 aromatic rings. The van der Waals surface area contributed by atoms with E-state index < -0.39 is 0 Å². The van der Waals surface area contributed by atoms with E-state index in [2.05, 4.69) is 10.3 Å². The molecule has 0 spiro atoms. The minimum absolute atomic E-state index is 0.218. The highest BCUT2D eigenvalue weighted by Crippen LogP contribution is 2.28. The van der Waals surface area contributed by atoms with Gasteiger partial charge in [0.25, 0.3) is 5.91 Å². The summed E-state index contributed by atoms with van der Waals surface area (Å²) in [6.07, 6.45) is 1.61.